The van der Waals surface area contributed by atoms with Crippen LogP contribution in [0.5, 0.6) is 0 Å². The Balaban J connectivity index is 2.42. The molecule has 0 radical (unpaired) electrons. The van der Waals surface area contributed by atoms with Gasteiger partial charge < -0.3 is 5.32 Å². The molecule has 0 heterocycles. The van der Waals surface area contributed by atoms with Crippen molar-refractivity contribution in [2.24, 2.45) is 0 Å². The monoisotopic (exact) mass is 357 g/mol. The molecule has 0 saturated heterocycles. The van der Waals surface area contributed by atoms with E-state index < -0.39 is 12.2 Å². The third-order valence-electron chi connectivity index (χ3n) is 3.25. The van der Waals surface area contributed by atoms with Gasteiger partial charge in [-0.25, -0.2) is 0 Å². The molecule has 0 fully saturated rings. The number of benzene rings is 2. The molecule has 0 aliphatic rings. The third-order valence-corrected chi connectivity index (χ3v) is 3.70. The van der Waals surface area contributed by atoms with Crippen LogP contribution in [0.1, 0.15) is 22.7 Å². The Labute approximate surface area is 130 Å². The van der Waals surface area contributed by atoms with E-state index in [0.717, 1.165) is 15.6 Å². The lowest BCUT2D eigenvalue weighted by Gasteiger charge is -2.25. The first-order valence-electron chi connectivity index (χ1n) is 6.44. The molecule has 21 heavy (non-hydrogen) atoms. The second-order valence-corrected chi connectivity index (χ2v) is 5.86. The second-order valence-electron chi connectivity index (χ2n) is 4.94. The van der Waals surface area contributed by atoms with Gasteiger partial charge >= 0.3 is 6.18 Å². The molecule has 0 bridgehead atoms. The summed E-state index contributed by atoms with van der Waals surface area (Å²) in [5.74, 6) is 0. The van der Waals surface area contributed by atoms with Crippen molar-refractivity contribution in [2.75, 3.05) is 5.32 Å². The summed E-state index contributed by atoms with van der Waals surface area (Å²) in [6.45, 7) is 3.58. The van der Waals surface area contributed by atoms with Crippen LogP contribution in [0.15, 0.2) is 46.9 Å². The van der Waals surface area contributed by atoms with Crippen molar-refractivity contribution in [2.45, 2.75) is 26.1 Å². The van der Waals surface area contributed by atoms with Gasteiger partial charge in [-0.3, -0.25) is 0 Å². The fourth-order valence-corrected chi connectivity index (χ4v) is 2.97. The summed E-state index contributed by atoms with van der Waals surface area (Å²) < 4.78 is 40.9. The molecule has 1 atom stereocenters. The number of halogens is 4. The van der Waals surface area contributed by atoms with Crippen LogP contribution in [0, 0.1) is 13.8 Å². The summed E-state index contributed by atoms with van der Waals surface area (Å²) >= 11 is 3.35. The van der Waals surface area contributed by atoms with E-state index in [9.17, 15) is 13.2 Å². The van der Waals surface area contributed by atoms with E-state index >= 15 is 0 Å². The molecule has 2 rings (SSSR count). The van der Waals surface area contributed by atoms with Gasteiger partial charge in [0.2, 0.25) is 0 Å². The lowest BCUT2D eigenvalue weighted by atomic mass is 10.0. The van der Waals surface area contributed by atoms with Gasteiger partial charge in [-0.1, -0.05) is 46.3 Å². The number of anilines is 1. The predicted molar refractivity (Wildman–Crippen MR) is 82.5 cm³/mol. The number of alkyl halides is 3. The van der Waals surface area contributed by atoms with Gasteiger partial charge in [-0.2, -0.15) is 13.2 Å². The molecular formula is C16H15BrF3N. The molecule has 1 nitrogen and oxygen atoms in total. The zero-order valence-electron chi connectivity index (χ0n) is 11.6. The molecule has 1 unspecified atom stereocenters. The van der Waals surface area contributed by atoms with Gasteiger partial charge in [0.15, 0.2) is 0 Å². The largest absolute Gasteiger partial charge is 0.412 e. The highest BCUT2D eigenvalue weighted by molar-refractivity contribution is 9.10. The van der Waals surface area contributed by atoms with Crippen LogP contribution in [0.25, 0.3) is 0 Å². The Bertz CT molecular complexity index is 600. The van der Waals surface area contributed by atoms with Crippen molar-refractivity contribution in [3.05, 3.63) is 63.6 Å². The smallest absolute Gasteiger partial charge is 0.370 e. The van der Waals surface area contributed by atoms with Crippen LogP contribution in [-0.2, 0) is 0 Å². The highest BCUT2D eigenvalue weighted by Crippen LogP contribution is 2.37. The van der Waals surface area contributed by atoms with Gasteiger partial charge in [-0.15, -0.1) is 0 Å². The molecule has 1 N–H and O–H groups in total. The number of hydrogen-bond acceptors (Lipinski definition) is 1. The molecule has 2 aromatic carbocycles. The predicted octanol–water partition coefficient (Wildman–Crippen LogP) is 5.78. The van der Waals surface area contributed by atoms with E-state index in [1.165, 1.54) is 12.1 Å². The Morgan fingerprint density at radius 3 is 2.00 bits per heavy atom. The molecule has 0 aliphatic heterocycles. The summed E-state index contributed by atoms with van der Waals surface area (Å²) in [6, 6.07) is 9.75. The Hall–Kier alpha value is -1.49. The third kappa shape index (κ3) is 3.79. The van der Waals surface area contributed by atoms with Gasteiger partial charge in [0.25, 0.3) is 0 Å². The van der Waals surface area contributed by atoms with Crippen LogP contribution in [0.2, 0.25) is 0 Å². The van der Waals surface area contributed by atoms with Crippen LogP contribution in [0.4, 0.5) is 18.9 Å². The highest BCUT2D eigenvalue weighted by Gasteiger charge is 2.41. The van der Waals surface area contributed by atoms with E-state index in [2.05, 4.69) is 21.2 Å². The van der Waals surface area contributed by atoms with Crippen molar-refractivity contribution in [3.63, 3.8) is 0 Å². The van der Waals surface area contributed by atoms with Crippen LogP contribution in [0.3, 0.4) is 0 Å². The fourth-order valence-electron chi connectivity index (χ4n) is 2.28. The molecule has 0 aliphatic carbocycles. The number of nitrogens with one attached hydrogen (secondary N) is 1. The molecule has 5 heteroatoms. The van der Waals surface area contributed by atoms with Crippen LogP contribution < -0.4 is 5.32 Å². The first kappa shape index (κ1) is 15.9. The average molecular weight is 358 g/mol. The first-order chi connectivity index (χ1) is 9.79. The summed E-state index contributed by atoms with van der Waals surface area (Å²) in [5.41, 5.74) is 2.26. The summed E-state index contributed by atoms with van der Waals surface area (Å²) in [7, 11) is 0. The zero-order valence-corrected chi connectivity index (χ0v) is 13.2. The molecular weight excluding hydrogens is 343 g/mol. The van der Waals surface area contributed by atoms with Crippen molar-refractivity contribution in [1.29, 1.82) is 0 Å². The number of aryl methyl sites for hydroxylation is 2. The standard InChI is InChI=1S/C16H15BrF3N/c1-10-8-13(17)9-11(2)14(10)21-15(16(18,19)20)12-6-4-3-5-7-12/h3-9,15,21H,1-2H3. The minimum atomic E-state index is -4.37. The molecule has 0 aromatic heterocycles. The zero-order chi connectivity index (χ0) is 15.6. The van der Waals surface area contributed by atoms with Crippen molar-refractivity contribution < 1.29 is 13.2 Å². The Morgan fingerprint density at radius 1 is 1.00 bits per heavy atom. The van der Waals surface area contributed by atoms with E-state index in [0.29, 0.717) is 5.69 Å². The minimum Gasteiger partial charge on any atom is -0.370 e. The fraction of sp³-hybridized carbons (Fsp3) is 0.250. The van der Waals surface area contributed by atoms with Gasteiger partial charge in [0.1, 0.15) is 6.04 Å². The Kier molecular flexibility index (Phi) is 4.61. The summed E-state index contributed by atoms with van der Waals surface area (Å²) in [5, 5.41) is 2.65. The lowest BCUT2D eigenvalue weighted by molar-refractivity contribution is -0.144. The van der Waals surface area contributed by atoms with Crippen LogP contribution in [-0.4, -0.2) is 6.18 Å². The van der Waals surface area contributed by atoms with Crippen LogP contribution >= 0.6 is 15.9 Å². The maximum atomic E-state index is 13.4. The molecule has 0 spiro atoms. The SMILES string of the molecule is Cc1cc(Br)cc(C)c1NC(c1ccccc1)C(F)(F)F. The summed E-state index contributed by atoms with van der Waals surface area (Å²) in [4.78, 5) is 0. The maximum Gasteiger partial charge on any atom is 0.412 e. The van der Waals surface area contributed by atoms with Crippen molar-refractivity contribution >= 4 is 21.6 Å². The quantitative estimate of drug-likeness (QED) is 0.733. The first-order valence-corrected chi connectivity index (χ1v) is 7.23. The van der Waals surface area contributed by atoms with E-state index in [-0.39, 0.29) is 5.56 Å². The lowest BCUT2D eigenvalue weighted by Crippen LogP contribution is -2.28. The van der Waals surface area contributed by atoms with Gasteiger partial charge in [0, 0.05) is 10.2 Å². The number of rotatable bonds is 3. The average Bonchev–Trinajstić information content (AvgIpc) is 2.37. The molecule has 0 saturated carbocycles. The van der Waals surface area contributed by atoms with Gasteiger partial charge in [-0.05, 0) is 42.7 Å². The van der Waals surface area contributed by atoms with E-state index in [4.69, 9.17) is 0 Å². The van der Waals surface area contributed by atoms with Crippen molar-refractivity contribution in [1.82, 2.24) is 0 Å². The van der Waals surface area contributed by atoms with Crippen molar-refractivity contribution in [3.8, 4) is 0 Å². The molecule has 0 amide bonds. The Morgan fingerprint density at radius 2 is 1.52 bits per heavy atom. The normalized spacial score (nSPS) is 13.0. The highest BCUT2D eigenvalue weighted by atomic mass is 79.9. The maximum absolute atomic E-state index is 13.4. The van der Waals surface area contributed by atoms with E-state index in [1.807, 2.05) is 0 Å². The van der Waals surface area contributed by atoms with E-state index in [1.54, 1.807) is 44.2 Å². The van der Waals surface area contributed by atoms with Gasteiger partial charge in [0.05, 0.1) is 0 Å². The molecule has 112 valence electrons. The number of hydrogen-bond donors (Lipinski definition) is 1. The molecule has 2 aromatic rings. The second kappa shape index (κ2) is 6.10. The topological polar surface area (TPSA) is 12.0 Å². The summed E-state index contributed by atoms with van der Waals surface area (Å²) in [6.07, 6.45) is -4.37. The minimum absolute atomic E-state index is 0.201.